The zero-order chi connectivity index (χ0) is 17.9. The molecule has 2 aromatic heterocycles. The largest absolute Gasteiger partial charge is 0.464 e. The number of nitrogens with zero attached hydrogens (tertiary/aromatic N) is 2. The molecule has 4 aromatic rings. The lowest BCUT2D eigenvalue weighted by atomic mass is 10.1. The Morgan fingerprint density at radius 2 is 1.65 bits per heavy atom. The molecule has 0 aliphatic heterocycles. The number of benzene rings is 2. The summed E-state index contributed by atoms with van der Waals surface area (Å²) in [5.41, 5.74) is 16.9. The summed E-state index contributed by atoms with van der Waals surface area (Å²) in [6.45, 7) is 0. The minimum Gasteiger partial charge on any atom is -0.464 e. The Bertz CT molecular complexity index is 1030. The van der Waals surface area contributed by atoms with Crippen molar-refractivity contribution in [3.63, 3.8) is 0 Å². The second-order valence-electron chi connectivity index (χ2n) is 5.82. The van der Waals surface area contributed by atoms with Crippen molar-refractivity contribution in [1.29, 1.82) is 0 Å². The predicted octanol–water partition coefficient (Wildman–Crippen LogP) is 4.31. The molecule has 0 unspecified atom stereocenters. The minimum atomic E-state index is 0.257. The van der Waals surface area contributed by atoms with Gasteiger partial charge in [0.25, 0.3) is 0 Å². The van der Waals surface area contributed by atoms with Crippen molar-refractivity contribution in [2.24, 2.45) is 0 Å². The van der Waals surface area contributed by atoms with Gasteiger partial charge in [0, 0.05) is 29.2 Å². The fourth-order valence-corrected chi connectivity index (χ4v) is 2.69. The molecule has 4 rings (SSSR count). The van der Waals surface area contributed by atoms with Crippen molar-refractivity contribution >= 4 is 23.0 Å². The number of hydrogen-bond donors (Lipinski definition) is 3. The molecule has 0 amide bonds. The summed E-state index contributed by atoms with van der Waals surface area (Å²) >= 11 is 0. The highest BCUT2D eigenvalue weighted by atomic mass is 16.3. The van der Waals surface area contributed by atoms with Gasteiger partial charge in [-0.2, -0.15) is 0 Å². The van der Waals surface area contributed by atoms with E-state index in [2.05, 4.69) is 15.3 Å². The average Bonchev–Trinajstić information content (AvgIpc) is 3.19. The summed E-state index contributed by atoms with van der Waals surface area (Å²) in [6.07, 6.45) is 5.05. The van der Waals surface area contributed by atoms with Crippen LogP contribution in [0.2, 0.25) is 0 Å². The first-order valence-electron chi connectivity index (χ1n) is 8.07. The van der Waals surface area contributed by atoms with Gasteiger partial charge in [0.1, 0.15) is 5.76 Å². The summed E-state index contributed by atoms with van der Waals surface area (Å²) in [7, 11) is 0. The lowest BCUT2D eigenvalue weighted by Crippen LogP contribution is -1.97. The minimum absolute atomic E-state index is 0.257. The molecule has 128 valence electrons. The fraction of sp³-hybridized carbons (Fsp3) is 0. The van der Waals surface area contributed by atoms with Gasteiger partial charge >= 0.3 is 0 Å². The van der Waals surface area contributed by atoms with Crippen LogP contribution in [0.5, 0.6) is 0 Å². The van der Waals surface area contributed by atoms with E-state index in [1.54, 1.807) is 18.7 Å². The second kappa shape index (κ2) is 6.60. The van der Waals surface area contributed by atoms with Crippen molar-refractivity contribution in [3.8, 4) is 22.5 Å². The Kier molecular flexibility index (Phi) is 3.99. The lowest BCUT2D eigenvalue weighted by molar-refractivity contribution is 0.582. The van der Waals surface area contributed by atoms with Crippen LogP contribution in [0.4, 0.5) is 23.0 Å². The number of furan rings is 1. The van der Waals surface area contributed by atoms with E-state index in [1.165, 1.54) is 0 Å². The molecule has 6 nitrogen and oxygen atoms in total. The third-order valence-corrected chi connectivity index (χ3v) is 4.00. The molecule has 26 heavy (non-hydrogen) atoms. The molecule has 0 aliphatic rings. The van der Waals surface area contributed by atoms with E-state index in [-0.39, 0.29) is 5.95 Å². The van der Waals surface area contributed by atoms with Gasteiger partial charge in [-0.15, -0.1) is 0 Å². The van der Waals surface area contributed by atoms with Gasteiger partial charge in [-0.25, -0.2) is 9.97 Å². The Morgan fingerprint density at radius 1 is 0.808 bits per heavy atom. The summed E-state index contributed by atoms with van der Waals surface area (Å²) in [5.74, 6) is 1.04. The van der Waals surface area contributed by atoms with Crippen LogP contribution in [-0.2, 0) is 0 Å². The first-order chi connectivity index (χ1) is 12.7. The normalized spacial score (nSPS) is 10.6. The number of nitrogens with one attached hydrogen (secondary N) is 1. The van der Waals surface area contributed by atoms with Gasteiger partial charge in [-0.1, -0.05) is 12.1 Å². The maximum absolute atomic E-state index is 6.20. The SMILES string of the molecule is Nc1ncc(-c2cccc(Nc3ccc(-c4ccco4)cc3N)c2)cn1. The van der Waals surface area contributed by atoms with Gasteiger partial charge < -0.3 is 21.2 Å². The van der Waals surface area contributed by atoms with E-state index in [1.807, 2.05) is 54.6 Å². The molecule has 6 heteroatoms. The molecule has 0 fully saturated rings. The van der Waals surface area contributed by atoms with Gasteiger partial charge in [-0.05, 0) is 48.0 Å². The molecule has 0 bridgehead atoms. The summed E-state index contributed by atoms with van der Waals surface area (Å²) in [6, 6.07) is 17.5. The van der Waals surface area contributed by atoms with Gasteiger partial charge in [0.2, 0.25) is 5.95 Å². The Morgan fingerprint density at radius 3 is 2.38 bits per heavy atom. The second-order valence-corrected chi connectivity index (χ2v) is 5.82. The molecule has 0 spiro atoms. The summed E-state index contributed by atoms with van der Waals surface area (Å²) in [5, 5.41) is 3.35. The number of nitrogen functional groups attached to an aromatic ring is 2. The Balaban J connectivity index is 1.59. The predicted molar refractivity (Wildman–Crippen MR) is 104 cm³/mol. The van der Waals surface area contributed by atoms with Gasteiger partial charge in [0.15, 0.2) is 0 Å². The van der Waals surface area contributed by atoms with Crippen LogP contribution >= 0.6 is 0 Å². The quantitative estimate of drug-likeness (QED) is 0.477. The number of rotatable bonds is 4. The highest BCUT2D eigenvalue weighted by molar-refractivity contribution is 5.79. The van der Waals surface area contributed by atoms with E-state index < -0.39 is 0 Å². The number of anilines is 4. The third kappa shape index (κ3) is 3.21. The van der Waals surface area contributed by atoms with Crippen LogP contribution in [0, 0.1) is 0 Å². The molecular weight excluding hydrogens is 326 g/mol. The maximum Gasteiger partial charge on any atom is 0.219 e. The molecule has 2 heterocycles. The van der Waals surface area contributed by atoms with Crippen LogP contribution in [0.1, 0.15) is 0 Å². The molecule has 0 saturated heterocycles. The maximum atomic E-state index is 6.20. The van der Waals surface area contributed by atoms with Crippen LogP contribution in [-0.4, -0.2) is 9.97 Å². The molecule has 0 saturated carbocycles. The fourth-order valence-electron chi connectivity index (χ4n) is 2.69. The Hall–Kier alpha value is -3.80. The summed E-state index contributed by atoms with van der Waals surface area (Å²) < 4.78 is 5.41. The number of aromatic nitrogens is 2. The van der Waals surface area contributed by atoms with Crippen molar-refractivity contribution in [1.82, 2.24) is 9.97 Å². The molecule has 0 radical (unpaired) electrons. The zero-order valence-electron chi connectivity index (χ0n) is 13.9. The first-order valence-corrected chi connectivity index (χ1v) is 8.07. The third-order valence-electron chi connectivity index (χ3n) is 4.00. The number of nitrogens with two attached hydrogens (primary N) is 2. The van der Waals surface area contributed by atoms with Crippen LogP contribution in [0.25, 0.3) is 22.5 Å². The van der Waals surface area contributed by atoms with E-state index >= 15 is 0 Å². The Labute approximate surface area is 150 Å². The highest BCUT2D eigenvalue weighted by Crippen LogP contribution is 2.30. The zero-order valence-corrected chi connectivity index (χ0v) is 13.9. The van der Waals surface area contributed by atoms with Crippen molar-refractivity contribution in [2.75, 3.05) is 16.8 Å². The summed E-state index contributed by atoms with van der Waals surface area (Å²) in [4.78, 5) is 8.07. The van der Waals surface area contributed by atoms with Crippen molar-refractivity contribution in [2.45, 2.75) is 0 Å². The molecule has 0 aliphatic carbocycles. The molecule has 5 N–H and O–H groups in total. The molecular formula is C20H17N5O. The van der Waals surface area contributed by atoms with Crippen LogP contribution in [0.3, 0.4) is 0 Å². The van der Waals surface area contributed by atoms with E-state index in [9.17, 15) is 0 Å². The van der Waals surface area contributed by atoms with Gasteiger partial charge in [-0.3, -0.25) is 0 Å². The first kappa shape index (κ1) is 15.7. The topological polar surface area (TPSA) is 103 Å². The van der Waals surface area contributed by atoms with E-state index in [4.69, 9.17) is 15.9 Å². The van der Waals surface area contributed by atoms with E-state index in [0.717, 1.165) is 33.8 Å². The monoisotopic (exact) mass is 343 g/mol. The standard InChI is InChI=1S/C20H17N5O/c21-17-10-14(19-5-2-8-26-19)6-7-18(17)25-16-4-1-3-13(9-16)15-11-23-20(22)24-12-15/h1-12,25H,21H2,(H2,22,23,24). The molecule has 0 atom stereocenters. The average molecular weight is 343 g/mol. The lowest BCUT2D eigenvalue weighted by Gasteiger charge is -2.12. The highest BCUT2D eigenvalue weighted by Gasteiger charge is 2.06. The number of hydrogen-bond acceptors (Lipinski definition) is 6. The van der Waals surface area contributed by atoms with Crippen molar-refractivity contribution < 1.29 is 4.42 Å². The smallest absolute Gasteiger partial charge is 0.219 e. The van der Waals surface area contributed by atoms with E-state index in [0.29, 0.717) is 5.69 Å². The molecule has 2 aromatic carbocycles. The van der Waals surface area contributed by atoms with Crippen LogP contribution < -0.4 is 16.8 Å². The van der Waals surface area contributed by atoms with Crippen molar-refractivity contribution in [3.05, 3.63) is 73.3 Å². The van der Waals surface area contributed by atoms with Gasteiger partial charge in [0.05, 0.1) is 17.6 Å². The van der Waals surface area contributed by atoms with Crippen LogP contribution in [0.15, 0.2) is 77.7 Å².